The van der Waals surface area contributed by atoms with E-state index in [9.17, 15) is 9.50 Å². The number of aromatic hydroxyl groups is 1. The number of hydrazone groups is 1. The van der Waals surface area contributed by atoms with Crippen molar-refractivity contribution in [1.82, 2.24) is 4.98 Å². The van der Waals surface area contributed by atoms with Crippen LogP contribution in [0.25, 0.3) is 11.3 Å². The fourth-order valence-corrected chi connectivity index (χ4v) is 3.06. The summed E-state index contributed by atoms with van der Waals surface area (Å²) >= 11 is 7.36. The fourth-order valence-electron chi connectivity index (χ4n) is 2.17. The molecular weight excluding hydrogens is 377 g/mol. The van der Waals surface area contributed by atoms with Crippen molar-refractivity contribution in [3.63, 3.8) is 0 Å². The maximum atomic E-state index is 13.0. The second kappa shape index (κ2) is 8.16. The second-order valence-corrected chi connectivity index (χ2v) is 6.46. The van der Waals surface area contributed by atoms with Crippen molar-refractivity contribution in [2.24, 2.45) is 5.10 Å². The summed E-state index contributed by atoms with van der Waals surface area (Å²) in [5.41, 5.74) is 5.06. The lowest BCUT2D eigenvalue weighted by Gasteiger charge is -2.08. The molecule has 0 amide bonds. The molecule has 8 heteroatoms. The number of halogens is 2. The number of benzene rings is 2. The molecule has 5 nitrogen and oxygen atoms in total. The molecule has 3 aromatic rings. The molecule has 0 aliphatic rings. The number of thiazole rings is 1. The van der Waals surface area contributed by atoms with Crippen LogP contribution in [0.4, 0.5) is 9.52 Å². The largest absolute Gasteiger partial charge is 0.503 e. The fraction of sp³-hybridized carbons (Fsp3) is 0.111. The van der Waals surface area contributed by atoms with Crippen molar-refractivity contribution in [3.05, 3.63) is 58.2 Å². The highest BCUT2D eigenvalue weighted by Gasteiger charge is 2.09. The summed E-state index contributed by atoms with van der Waals surface area (Å²) in [6.45, 7) is 2.23. The number of phenolic OH excluding ortho intramolecular Hbond substituents is 1. The second-order valence-electron chi connectivity index (χ2n) is 5.20. The number of ether oxygens (including phenoxy) is 1. The molecule has 0 radical (unpaired) electrons. The first-order chi connectivity index (χ1) is 12.6. The van der Waals surface area contributed by atoms with Gasteiger partial charge < -0.3 is 9.84 Å². The Morgan fingerprint density at radius 2 is 2.12 bits per heavy atom. The van der Waals surface area contributed by atoms with E-state index in [1.807, 2.05) is 12.3 Å². The van der Waals surface area contributed by atoms with Gasteiger partial charge in [0, 0.05) is 10.9 Å². The first-order valence-corrected chi connectivity index (χ1v) is 8.98. The Kier molecular flexibility index (Phi) is 5.70. The molecule has 134 valence electrons. The van der Waals surface area contributed by atoms with Crippen LogP contribution < -0.4 is 10.2 Å². The Hall–Kier alpha value is -2.64. The van der Waals surface area contributed by atoms with Gasteiger partial charge >= 0.3 is 0 Å². The van der Waals surface area contributed by atoms with Crippen molar-refractivity contribution in [3.8, 4) is 22.8 Å². The molecule has 0 atom stereocenters. The molecular formula is C18H15ClFN3O2S. The maximum absolute atomic E-state index is 13.0. The van der Waals surface area contributed by atoms with E-state index in [4.69, 9.17) is 16.3 Å². The van der Waals surface area contributed by atoms with E-state index >= 15 is 0 Å². The molecule has 0 spiro atoms. The first kappa shape index (κ1) is 18.2. The van der Waals surface area contributed by atoms with Gasteiger partial charge in [0.25, 0.3) is 0 Å². The Morgan fingerprint density at radius 3 is 2.85 bits per heavy atom. The lowest BCUT2D eigenvalue weighted by molar-refractivity contribution is 0.318. The zero-order chi connectivity index (χ0) is 18.5. The van der Waals surface area contributed by atoms with Gasteiger partial charge in [0.2, 0.25) is 5.13 Å². The zero-order valence-electron chi connectivity index (χ0n) is 13.7. The molecule has 3 rings (SSSR count). The van der Waals surface area contributed by atoms with Crippen LogP contribution in [0.15, 0.2) is 46.9 Å². The van der Waals surface area contributed by atoms with Crippen LogP contribution in [0.1, 0.15) is 12.5 Å². The highest BCUT2D eigenvalue weighted by atomic mass is 35.5. The average molecular weight is 392 g/mol. The van der Waals surface area contributed by atoms with Crippen molar-refractivity contribution in [2.45, 2.75) is 6.92 Å². The Bertz CT molecular complexity index is 929. The van der Waals surface area contributed by atoms with Gasteiger partial charge in [-0.3, -0.25) is 5.43 Å². The molecule has 2 aromatic carbocycles. The monoisotopic (exact) mass is 391 g/mol. The van der Waals surface area contributed by atoms with Crippen molar-refractivity contribution < 1.29 is 14.2 Å². The number of hydrogen-bond acceptors (Lipinski definition) is 6. The Morgan fingerprint density at radius 1 is 1.35 bits per heavy atom. The summed E-state index contributed by atoms with van der Waals surface area (Å²) in [5, 5.41) is 16.6. The number of aromatic nitrogens is 1. The van der Waals surface area contributed by atoms with Gasteiger partial charge in [0.1, 0.15) is 5.82 Å². The normalized spacial score (nSPS) is 11.0. The van der Waals surface area contributed by atoms with Crippen LogP contribution >= 0.6 is 22.9 Å². The minimum absolute atomic E-state index is 0.0949. The van der Waals surface area contributed by atoms with Gasteiger partial charge in [0.05, 0.1) is 23.5 Å². The third-order valence-electron chi connectivity index (χ3n) is 3.37. The standard InChI is InChI=1S/C18H15ClFN3O2S/c1-2-25-16-8-11(7-14(19)17(16)24)9-21-23-18-22-15(10-26-18)12-3-5-13(20)6-4-12/h3-10,24H,2H2,1H3,(H,22,23)/b21-9-. The lowest BCUT2D eigenvalue weighted by Crippen LogP contribution is -1.95. The van der Waals surface area contributed by atoms with Crippen LogP contribution in [0.3, 0.4) is 0 Å². The number of phenols is 1. The highest BCUT2D eigenvalue weighted by molar-refractivity contribution is 7.14. The summed E-state index contributed by atoms with van der Waals surface area (Å²) in [4.78, 5) is 4.40. The molecule has 2 N–H and O–H groups in total. The van der Waals surface area contributed by atoms with Gasteiger partial charge in [-0.1, -0.05) is 11.6 Å². The van der Waals surface area contributed by atoms with E-state index in [-0.39, 0.29) is 16.6 Å². The zero-order valence-corrected chi connectivity index (χ0v) is 15.3. The van der Waals surface area contributed by atoms with Gasteiger partial charge in [-0.05, 0) is 48.9 Å². The maximum Gasteiger partial charge on any atom is 0.203 e. The van der Waals surface area contributed by atoms with Crippen LogP contribution in [-0.4, -0.2) is 22.9 Å². The van der Waals surface area contributed by atoms with Gasteiger partial charge in [0.15, 0.2) is 11.5 Å². The van der Waals surface area contributed by atoms with E-state index in [0.717, 1.165) is 11.3 Å². The van der Waals surface area contributed by atoms with E-state index in [2.05, 4.69) is 15.5 Å². The summed E-state index contributed by atoms with van der Waals surface area (Å²) in [5.74, 6) is -0.0808. The first-order valence-electron chi connectivity index (χ1n) is 7.72. The predicted octanol–water partition coefficient (Wildman–Crippen LogP) is 5.15. The number of nitrogens with zero attached hydrogens (tertiary/aromatic N) is 2. The molecule has 0 bridgehead atoms. The minimum atomic E-state index is -0.286. The van der Waals surface area contributed by atoms with E-state index < -0.39 is 0 Å². The SMILES string of the molecule is CCOc1cc(/C=N\Nc2nc(-c3ccc(F)cc3)cs2)cc(Cl)c1O. The quantitative estimate of drug-likeness (QED) is 0.450. The Balaban J connectivity index is 1.70. The van der Waals surface area contributed by atoms with Crippen LogP contribution in [-0.2, 0) is 0 Å². The minimum Gasteiger partial charge on any atom is -0.503 e. The predicted molar refractivity (Wildman–Crippen MR) is 103 cm³/mol. The summed E-state index contributed by atoms with van der Waals surface area (Å²) in [6, 6.07) is 9.35. The topological polar surface area (TPSA) is 66.7 Å². The molecule has 26 heavy (non-hydrogen) atoms. The number of rotatable bonds is 6. The number of anilines is 1. The molecule has 0 fully saturated rings. The smallest absolute Gasteiger partial charge is 0.203 e. The lowest BCUT2D eigenvalue weighted by atomic mass is 10.2. The average Bonchev–Trinajstić information content (AvgIpc) is 3.09. The molecule has 0 saturated heterocycles. The molecule has 0 unspecified atom stereocenters. The van der Waals surface area contributed by atoms with Crippen molar-refractivity contribution >= 4 is 34.3 Å². The molecule has 0 saturated carbocycles. The van der Waals surface area contributed by atoms with Gasteiger partial charge in [-0.2, -0.15) is 5.10 Å². The summed E-state index contributed by atoms with van der Waals surface area (Å²) in [6.07, 6.45) is 1.55. The molecule has 0 aliphatic carbocycles. The third-order valence-corrected chi connectivity index (χ3v) is 4.40. The number of hydrogen-bond donors (Lipinski definition) is 2. The molecule has 0 aliphatic heterocycles. The molecule has 1 heterocycles. The molecule has 1 aromatic heterocycles. The Labute approximate surface area is 158 Å². The van der Waals surface area contributed by atoms with Gasteiger partial charge in [-0.25, -0.2) is 9.37 Å². The van der Waals surface area contributed by atoms with Crippen molar-refractivity contribution in [1.29, 1.82) is 0 Å². The van der Waals surface area contributed by atoms with Crippen LogP contribution in [0.2, 0.25) is 5.02 Å². The van der Waals surface area contributed by atoms with Crippen LogP contribution in [0, 0.1) is 5.82 Å². The number of nitrogens with one attached hydrogen (secondary N) is 1. The van der Waals surface area contributed by atoms with E-state index in [0.29, 0.717) is 23.1 Å². The van der Waals surface area contributed by atoms with E-state index in [1.54, 1.807) is 30.5 Å². The van der Waals surface area contributed by atoms with Crippen molar-refractivity contribution in [2.75, 3.05) is 12.0 Å². The van der Waals surface area contributed by atoms with E-state index in [1.165, 1.54) is 23.5 Å². The summed E-state index contributed by atoms with van der Waals surface area (Å²) in [7, 11) is 0. The third kappa shape index (κ3) is 4.30. The van der Waals surface area contributed by atoms with Gasteiger partial charge in [-0.15, -0.1) is 11.3 Å². The van der Waals surface area contributed by atoms with Crippen LogP contribution in [0.5, 0.6) is 11.5 Å². The summed E-state index contributed by atoms with van der Waals surface area (Å²) < 4.78 is 18.3. The highest BCUT2D eigenvalue weighted by Crippen LogP contribution is 2.34.